The third-order valence-electron chi connectivity index (χ3n) is 4.51. The fourth-order valence-electron chi connectivity index (χ4n) is 2.98. The monoisotopic (exact) mass is 362 g/mol. The van der Waals surface area contributed by atoms with Crippen LogP contribution in [0.15, 0.2) is 34.9 Å². The highest BCUT2D eigenvalue weighted by atomic mass is 35.5. The second-order valence-electron chi connectivity index (χ2n) is 6.41. The molecular formula is C18H23ClN4O2. The Morgan fingerprint density at radius 1 is 1.28 bits per heavy atom. The van der Waals surface area contributed by atoms with Crippen LogP contribution in [0.3, 0.4) is 0 Å². The molecule has 3 rings (SSSR count). The van der Waals surface area contributed by atoms with Gasteiger partial charge in [0.2, 0.25) is 5.91 Å². The molecule has 1 N–H and O–H groups in total. The molecule has 1 amide bonds. The largest absolute Gasteiger partial charge is 0.361 e. The second kappa shape index (κ2) is 7.99. The highest BCUT2D eigenvalue weighted by Gasteiger charge is 2.26. The molecule has 1 atom stereocenters. The molecule has 0 aliphatic carbocycles. The molecule has 7 heteroatoms. The van der Waals surface area contributed by atoms with E-state index in [0.29, 0.717) is 5.02 Å². The van der Waals surface area contributed by atoms with Crippen molar-refractivity contribution < 1.29 is 9.32 Å². The van der Waals surface area contributed by atoms with Gasteiger partial charge in [0, 0.05) is 49.5 Å². The summed E-state index contributed by atoms with van der Waals surface area (Å²) in [5, 5.41) is 7.64. The SMILES string of the molecule is Cc1cc(CN2CCN([C@H](C)C(=O)Nc3ccc(Cl)cc3)CC2)no1. The predicted octanol–water partition coefficient (Wildman–Crippen LogP) is 2.78. The number of aryl methyl sites for hydroxylation is 1. The fourth-order valence-corrected chi connectivity index (χ4v) is 3.10. The first kappa shape index (κ1) is 17.9. The lowest BCUT2D eigenvalue weighted by Gasteiger charge is -2.37. The number of amides is 1. The number of piperazine rings is 1. The van der Waals surface area contributed by atoms with E-state index in [1.165, 1.54) is 0 Å². The van der Waals surface area contributed by atoms with E-state index in [1.807, 2.05) is 32.0 Å². The van der Waals surface area contributed by atoms with E-state index in [2.05, 4.69) is 20.3 Å². The van der Waals surface area contributed by atoms with Crippen molar-refractivity contribution in [1.82, 2.24) is 15.0 Å². The van der Waals surface area contributed by atoms with Crippen molar-refractivity contribution in [2.45, 2.75) is 26.4 Å². The van der Waals surface area contributed by atoms with Crippen LogP contribution in [0.25, 0.3) is 0 Å². The van der Waals surface area contributed by atoms with Crippen LogP contribution < -0.4 is 5.32 Å². The number of carbonyl (C=O) groups is 1. The summed E-state index contributed by atoms with van der Waals surface area (Å²) in [4.78, 5) is 17.0. The minimum Gasteiger partial charge on any atom is -0.361 e. The van der Waals surface area contributed by atoms with E-state index in [1.54, 1.807) is 12.1 Å². The molecule has 0 saturated carbocycles. The Kier molecular flexibility index (Phi) is 5.73. The normalized spacial score (nSPS) is 17.4. The molecule has 1 fully saturated rings. The maximum atomic E-state index is 12.5. The summed E-state index contributed by atoms with van der Waals surface area (Å²) in [6.45, 7) is 8.15. The highest BCUT2D eigenvalue weighted by molar-refractivity contribution is 6.30. The second-order valence-corrected chi connectivity index (χ2v) is 6.85. The van der Waals surface area contributed by atoms with Gasteiger partial charge in [-0.15, -0.1) is 0 Å². The highest BCUT2D eigenvalue weighted by Crippen LogP contribution is 2.15. The quantitative estimate of drug-likeness (QED) is 0.886. The Labute approximate surface area is 152 Å². The molecule has 1 aromatic heterocycles. The van der Waals surface area contributed by atoms with Crippen molar-refractivity contribution in [1.29, 1.82) is 0 Å². The van der Waals surface area contributed by atoms with Crippen LogP contribution in [0.2, 0.25) is 5.02 Å². The zero-order chi connectivity index (χ0) is 17.8. The Balaban J connectivity index is 1.48. The number of hydrogen-bond donors (Lipinski definition) is 1. The first-order chi connectivity index (χ1) is 12.0. The number of hydrogen-bond acceptors (Lipinski definition) is 5. The Morgan fingerprint density at radius 2 is 1.96 bits per heavy atom. The Hall–Kier alpha value is -1.89. The maximum absolute atomic E-state index is 12.5. The van der Waals surface area contributed by atoms with Crippen LogP contribution in [0.5, 0.6) is 0 Å². The third kappa shape index (κ3) is 4.81. The van der Waals surface area contributed by atoms with Gasteiger partial charge in [-0.1, -0.05) is 16.8 Å². The van der Waals surface area contributed by atoms with Crippen LogP contribution in [0.1, 0.15) is 18.4 Å². The third-order valence-corrected chi connectivity index (χ3v) is 4.76. The minimum absolute atomic E-state index is 0.00268. The molecule has 0 radical (unpaired) electrons. The van der Waals surface area contributed by atoms with Gasteiger partial charge in [0.25, 0.3) is 0 Å². The molecule has 2 aromatic rings. The van der Waals surface area contributed by atoms with E-state index in [0.717, 1.165) is 49.9 Å². The van der Waals surface area contributed by atoms with Gasteiger partial charge in [-0.05, 0) is 38.1 Å². The maximum Gasteiger partial charge on any atom is 0.241 e. The van der Waals surface area contributed by atoms with Crippen molar-refractivity contribution in [3.63, 3.8) is 0 Å². The van der Waals surface area contributed by atoms with Gasteiger partial charge in [0.15, 0.2) is 0 Å². The van der Waals surface area contributed by atoms with E-state index in [-0.39, 0.29) is 11.9 Å². The number of carbonyl (C=O) groups excluding carboxylic acids is 1. The average molecular weight is 363 g/mol. The number of rotatable bonds is 5. The molecule has 0 bridgehead atoms. The molecule has 2 heterocycles. The van der Waals surface area contributed by atoms with Crippen LogP contribution in [0, 0.1) is 6.92 Å². The van der Waals surface area contributed by atoms with E-state index < -0.39 is 0 Å². The number of anilines is 1. The standard InChI is InChI=1S/C18H23ClN4O2/c1-13-11-17(21-25-13)12-22-7-9-23(10-8-22)14(2)18(24)20-16-5-3-15(19)4-6-16/h3-6,11,14H,7-10,12H2,1-2H3,(H,20,24)/t14-/m1/s1. The molecule has 0 unspecified atom stereocenters. The Morgan fingerprint density at radius 3 is 2.56 bits per heavy atom. The first-order valence-corrected chi connectivity index (χ1v) is 8.84. The van der Waals surface area contributed by atoms with Gasteiger partial charge in [-0.25, -0.2) is 0 Å². The van der Waals surface area contributed by atoms with Crippen LogP contribution >= 0.6 is 11.6 Å². The molecular weight excluding hydrogens is 340 g/mol. The summed E-state index contributed by atoms with van der Waals surface area (Å²) in [6.07, 6.45) is 0. The lowest BCUT2D eigenvalue weighted by atomic mass is 10.2. The summed E-state index contributed by atoms with van der Waals surface area (Å²) < 4.78 is 5.11. The van der Waals surface area contributed by atoms with Crippen molar-refractivity contribution in [2.75, 3.05) is 31.5 Å². The van der Waals surface area contributed by atoms with Crippen molar-refractivity contribution >= 4 is 23.2 Å². The van der Waals surface area contributed by atoms with Gasteiger partial charge >= 0.3 is 0 Å². The van der Waals surface area contributed by atoms with Gasteiger partial charge in [-0.3, -0.25) is 14.6 Å². The zero-order valence-electron chi connectivity index (χ0n) is 14.5. The predicted molar refractivity (Wildman–Crippen MR) is 97.6 cm³/mol. The molecule has 25 heavy (non-hydrogen) atoms. The summed E-state index contributed by atoms with van der Waals surface area (Å²) >= 11 is 5.87. The minimum atomic E-state index is -0.174. The molecule has 0 spiro atoms. The first-order valence-electron chi connectivity index (χ1n) is 8.46. The zero-order valence-corrected chi connectivity index (χ0v) is 15.3. The average Bonchev–Trinajstić information content (AvgIpc) is 3.02. The topological polar surface area (TPSA) is 61.6 Å². The van der Waals surface area contributed by atoms with Crippen molar-refractivity contribution in [2.24, 2.45) is 0 Å². The fraction of sp³-hybridized carbons (Fsp3) is 0.444. The number of benzene rings is 1. The Bertz CT molecular complexity index is 708. The van der Waals surface area contributed by atoms with Crippen LogP contribution in [-0.2, 0) is 11.3 Å². The number of nitrogens with zero attached hydrogens (tertiary/aromatic N) is 3. The van der Waals surface area contributed by atoms with Crippen LogP contribution in [0.4, 0.5) is 5.69 Å². The molecule has 134 valence electrons. The summed E-state index contributed by atoms with van der Waals surface area (Å²) in [5.41, 5.74) is 1.72. The summed E-state index contributed by atoms with van der Waals surface area (Å²) in [6, 6.07) is 8.95. The molecule has 1 aromatic carbocycles. The molecule has 1 saturated heterocycles. The van der Waals surface area contributed by atoms with Crippen molar-refractivity contribution in [3.8, 4) is 0 Å². The number of nitrogens with one attached hydrogen (secondary N) is 1. The molecule has 6 nitrogen and oxygen atoms in total. The van der Waals surface area contributed by atoms with Gasteiger partial charge < -0.3 is 9.84 Å². The van der Waals surface area contributed by atoms with Crippen LogP contribution in [-0.4, -0.2) is 53.1 Å². The lowest BCUT2D eigenvalue weighted by Crippen LogP contribution is -2.52. The van der Waals surface area contributed by atoms with Crippen molar-refractivity contribution in [3.05, 3.63) is 46.8 Å². The van der Waals surface area contributed by atoms with E-state index in [9.17, 15) is 4.79 Å². The van der Waals surface area contributed by atoms with Gasteiger partial charge in [0.05, 0.1) is 11.7 Å². The number of aromatic nitrogens is 1. The summed E-state index contributed by atoms with van der Waals surface area (Å²) in [5.74, 6) is 0.837. The number of halogens is 1. The smallest absolute Gasteiger partial charge is 0.241 e. The van der Waals surface area contributed by atoms with Gasteiger partial charge in [-0.2, -0.15) is 0 Å². The summed E-state index contributed by atoms with van der Waals surface area (Å²) in [7, 11) is 0. The van der Waals surface area contributed by atoms with Gasteiger partial charge in [0.1, 0.15) is 5.76 Å². The van der Waals surface area contributed by atoms with E-state index in [4.69, 9.17) is 16.1 Å². The lowest BCUT2D eigenvalue weighted by molar-refractivity contribution is -0.121. The molecule has 1 aliphatic rings. The molecule has 1 aliphatic heterocycles. The van der Waals surface area contributed by atoms with E-state index >= 15 is 0 Å².